The molecule has 21 heavy (non-hydrogen) atoms. The number of pyridine rings is 1. The molecule has 1 heterocycles. The van der Waals surface area contributed by atoms with E-state index < -0.39 is 4.92 Å². The summed E-state index contributed by atoms with van der Waals surface area (Å²) in [5.74, 6) is 5.28. The number of anilines is 2. The predicted molar refractivity (Wildman–Crippen MR) is 77.2 cm³/mol. The van der Waals surface area contributed by atoms with E-state index in [9.17, 15) is 14.5 Å². The fourth-order valence-electron chi connectivity index (χ4n) is 1.90. The van der Waals surface area contributed by atoms with Gasteiger partial charge in [-0.1, -0.05) is 18.2 Å². The van der Waals surface area contributed by atoms with Crippen LogP contribution in [-0.2, 0) is 6.54 Å². The highest BCUT2D eigenvalue weighted by atomic mass is 19.1. The topological polar surface area (TPSA) is 97.3 Å². The van der Waals surface area contributed by atoms with Crippen LogP contribution in [0.3, 0.4) is 0 Å². The molecule has 7 nitrogen and oxygen atoms in total. The summed E-state index contributed by atoms with van der Waals surface area (Å²) < 4.78 is 13.7. The molecule has 8 heteroatoms. The van der Waals surface area contributed by atoms with Crippen molar-refractivity contribution in [1.29, 1.82) is 0 Å². The molecule has 3 N–H and O–H groups in total. The molecule has 0 aliphatic carbocycles. The van der Waals surface area contributed by atoms with Gasteiger partial charge in [0.1, 0.15) is 11.6 Å². The van der Waals surface area contributed by atoms with Crippen LogP contribution in [0.5, 0.6) is 0 Å². The number of benzene rings is 1. The van der Waals surface area contributed by atoms with Crippen molar-refractivity contribution in [3.05, 3.63) is 57.9 Å². The summed E-state index contributed by atoms with van der Waals surface area (Å²) in [7, 11) is 1.60. The molecule has 0 unspecified atom stereocenters. The summed E-state index contributed by atoms with van der Waals surface area (Å²) in [6, 6.07) is 8.93. The van der Waals surface area contributed by atoms with Gasteiger partial charge in [-0.2, -0.15) is 0 Å². The van der Waals surface area contributed by atoms with Crippen molar-refractivity contribution < 1.29 is 9.31 Å². The Labute approximate surface area is 120 Å². The van der Waals surface area contributed by atoms with Crippen molar-refractivity contribution in [1.82, 2.24) is 4.98 Å². The Kier molecular flexibility index (Phi) is 4.29. The largest absolute Gasteiger partial charge is 0.349 e. The summed E-state index contributed by atoms with van der Waals surface area (Å²) in [6.07, 6.45) is 0. The van der Waals surface area contributed by atoms with Crippen molar-refractivity contribution in [3.8, 4) is 0 Å². The Morgan fingerprint density at radius 3 is 2.71 bits per heavy atom. The molecule has 1 aromatic heterocycles. The molecule has 0 bridgehead atoms. The lowest BCUT2D eigenvalue weighted by atomic mass is 10.2. The second kappa shape index (κ2) is 6.14. The number of hydrazine groups is 1. The minimum Gasteiger partial charge on any atom is -0.349 e. The zero-order valence-electron chi connectivity index (χ0n) is 11.3. The smallest absolute Gasteiger partial charge is 0.311 e. The first-order chi connectivity index (χ1) is 10.0. The highest BCUT2D eigenvalue weighted by Crippen LogP contribution is 2.27. The number of nitrogens with one attached hydrogen (secondary N) is 1. The summed E-state index contributed by atoms with van der Waals surface area (Å²) in [5.41, 5.74) is 2.57. The summed E-state index contributed by atoms with van der Waals surface area (Å²) in [5, 5.41) is 11.1. The third kappa shape index (κ3) is 3.23. The molecule has 2 aromatic rings. The number of nitrogens with two attached hydrogens (primary N) is 1. The van der Waals surface area contributed by atoms with Crippen LogP contribution in [0.15, 0.2) is 36.4 Å². The van der Waals surface area contributed by atoms with Crippen molar-refractivity contribution >= 4 is 17.3 Å². The Bertz CT molecular complexity index is 665. The molecule has 110 valence electrons. The van der Waals surface area contributed by atoms with Crippen LogP contribution >= 0.6 is 0 Å². The van der Waals surface area contributed by atoms with E-state index in [0.717, 1.165) is 0 Å². The van der Waals surface area contributed by atoms with Gasteiger partial charge < -0.3 is 10.3 Å². The summed E-state index contributed by atoms with van der Waals surface area (Å²) >= 11 is 0. The van der Waals surface area contributed by atoms with E-state index in [2.05, 4.69) is 10.4 Å². The SMILES string of the molecule is CN(Cc1ccccc1F)c1nc(NN)ccc1[N+](=O)[O-]. The monoisotopic (exact) mass is 291 g/mol. The second-order valence-corrected chi connectivity index (χ2v) is 4.39. The summed E-state index contributed by atoms with van der Waals surface area (Å²) in [6.45, 7) is 0.147. The molecule has 0 amide bonds. The Hall–Kier alpha value is -2.74. The van der Waals surface area contributed by atoms with Crippen LogP contribution in [0.2, 0.25) is 0 Å². The van der Waals surface area contributed by atoms with Gasteiger partial charge in [0.25, 0.3) is 0 Å². The van der Waals surface area contributed by atoms with Crippen LogP contribution in [0.25, 0.3) is 0 Å². The van der Waals surface area contributed by atoms with Crippen LogP contribution < -0.4 is 16.2 Å². The van der Waals surface area contributed by atoms with Crippen molar-refractivity contribution in [2.45, 2.75) is 6.54 Å². The number of nitrogen functional groups attached to an aromatic ring is 1. The van der Waals surface area contributed by atoms with E-state index in [0.29, 0.717) is 5.56 Å². The van der Waals surface area contributed by atoms with E-state index in [1.54, 1.807) is 25.2 Å². The average molecular weight is 291 g/mol. The van der Waals surface area contributed by atoms with E-state index in [-0.39, 0.29) is 29.7 Å². The van der Waals surface area contributed by atoms with Gasteiger partial charge in [-0.05, 0) is 12.1 Å². The fraction of sp³-hybridized carbons (Fsp3) is 0.154. The Morgan fingerprint density at radius 2 is 2.10 bits per heavy atom. The molecule has 0 fully saturated rings. The Morgan fingerprint density at radius 1 is 1.38 bits per heavy atom. The van der Waals surface area contributed by atoms with E-state index >= 15 is 0 Å². The maximum Gasteiger partial charge on any atom is 0.311 e. The third-order valence-electron chi connectivity index (χ3n) is 2.93. The van der Waals surface area contributed by atoms with Gasteiger partial charge in [-0.15, -0.1) is 0 Å². The van der Waals surface area contributed by atoms with Gasteiger partial charge in [0.2, 0.25) is 5.82 Å². The van der Waals surface area contributed by atoms with E-state index in [4.69, 9.17) is 5.84 Å². The lowest BCUT2D eigenvalue weighted by Gasteiger charge is -2.19. The zero-order valence-corrected chi connectivity index (χ0v) is 11.3. The molecule has 1 aromatic carbocycles. The molecular weight excluding hydrogens is 277 g/mol. The molecule has 0 aliphatic heterocycles. The normalized spacial score (nSPS) is 10.2. The van der Waals surface area contributed by atoms with Crippen LogP contribution in [0, 0.1) is 15.9 Å². The molecule has 0 saturated heterocycles. The number of hydrogen-bond donors (Lipinski definition) is 2. The van der Waals surface area contributed by atoms with Gasteiger partial charge >= 0.3 is 5.69 Å². The zero-order chi connectivity index (χ0) is 15.4. The number of nitro groups is 1. The highest BCUT2D eigenvalue weighted by Gasteiger charge is 2.20. The van der Waals surface area contributed by atoms with Crippen LogP contribution in [-0.4, -0.2) is 17.0 Å². The number of rotatable bonds is 5. The van der Waals surface area contributed by atoms with Gasteiger partial charge in [0.15, 0.2) is 0 Å². The highest BCUT2D eigenvalue weighted by molar-refractivity contribution is 5.61. The van der Waals surface area contributed by atoms with Crippen molar-refractivity contribution in [2.24, 2.45) is 5.84 Å². The molecule has 2 rings (SSSR count). The lowest BCUT2D eigenvalue weighted by Crippen LogP contribution is -2.21. The molecular formula is C13H14FN5O2. The average Bonchev–Trinajstić information content (AvgIpc) is 2.48. The predicted octanol–water partition coefficient (Wildman–Crippen LogP) is 2.05. The first-order valence-electron chi connectivity index (χ1n) is 6.09. The fourth-order valence-corrected chi connectivity index (χ4v) is 1.90. The molecule has 0 saturated carbocycles. The molecule has 0 spiro atoms. The first kappa shape index (κ1) is 14.7. The van der Waals surface area contributed by atoms with E-state index in [1.165, 1.54) is 23.1 Å². The van der Waals surface area contributed by atoms with Crippen molar-refractivity contribution in [2.75, 3.05) is 17.4 Å². The number of hydrogen-bond acceptors (Lipinski definition) is 6. The van der Waals surface area contributed by atoms with Crippen LogP contribution in [0.4, 0.5) is 21.7 Å². The van der Waals surface area contributed by atoms with Gasteiger partial charge in [0, 0.05) is 25.2 Å². The maximum atomic E-state index is 13.7. The van der Waals surface area contributed by atoms with Crippen LogP contribution in [0.1, 0.15) is 5.56 Å². The third-order valence-corrected chi connectivity index (χ3v) is 2.93. The van der Waals surface area contributed by atoms with Gasteiger partial charge in [0.05, 0.1) is 4.92 Å². The second-order valence-electron chi connectivity index (χ2n) is 4.39. The van der Waals surface area contributed by atoms with Crippen molar-refractivity contribution in [3.63, 3.8) is 0 Å². The minimum atomic E-state index is -0.541. The van der Waals surface area contributed by atoms with Gasteiger partial charge in [-0.25, -0.2) is 15.2 Å². The quantitative estimate of drug-likeness (QED) is 0.497. The Balaban J connectivity index is 2.35. The number of halogens is 1. The summed E-state index contributed by atoms with van der Waals surface area (Å²) in [4.78, 5) is 16.1. The first-order valence-corrected chi connectivity index (χ1v) is 6.09. The van der Waals surface area contributed by atoms with E-state index in [1.807, 2.05) is 0 Å². The van der Waals surface area contributed by atoms with Gasteiger partial charge in [-0.3, -0.25) is 10.1 Å². The molecule has 0 radical (unpaired) electrons. The number of nitrogens with zero attached hydrogens (tertiary/aromatic N) is 3. The number of aromatic nitrogens is 1. The standard InChI is InChI=1S/C13H14FN5O2/c1-18(8-9-4-2-3-5-10(9)14)13-11(19(20)21)6-7-12(16-13)17-15/h2-7H,8,15H2,1H3,(H,16,17). The minimum absolute atomic E-state index is 0.110. The molecule has 0 atom stereocenters. The lowest BCUT2D eigenvalue weighted by molar-refractivity contribution is -0.384. The maximum absolute atomic E-state index is 13.7. The molecule has 0 aliphatic rings.